The second-order valence-corrected chi connectivity index (χ2v) is 3.30. The molecule has 0 fully saturated rings. The summed E-state index contributed by atoms with van der Waals surface area (Å²) in [6.07, 6.45) is 0. The standard InChI is InChI=1S/C9H8O.C3H6O.C2H6/c1-7-6-8-4-2-3-5-9(8)10-7;1-3(2)4;1-2/h2-6H,1H3;1-2H3;1-2H3. The van der Waals surface area contributed by atoms with Crippen molar-refractivity contribution in [3.8, 4) is 0 Å². The highest BCUT2D eigenvalue weighted by Crippen LogP contribution is 2.17. The molecule has 0 N–H and O–H groups in total. The van der Waals surface area contributed by atoms with Gasteiger partial charge in [0.25, 0.3) is 0 Å². The maximum atomic E-state index is 9.44. The van der Waals surface area contributed by atoms with Crippen LogP contribution < -0.4 is 0 Å². The van der Waals surface area contributed by atoms with Crippen LogP contribution in [0.3, 0.4) is 0 Å². The Morgan fingerprint density at radius 3 is 2.12 bits per heavy atom. The molecule has 1 heterocycles. The quantitative estimate of drug-likeness (QED) is 0.660. The fourth-order valence-corrected chi connectivity index (χ4v) is 1.11. The van der Waals surface area contributed by atoms with Gasteiger partial charge in [0.2, 0.25) is 0 Å². The average Bonchev–Trinajstić information content (AvgIpc) is 2.60. The highest BCUT2D eigenvalue weighted by atomic mass is 16.3. The van der Waals surface area contributed by atoms with Gasteiger partial charge in [-0.3, -0.25) is 0 Å². The number of carbonyl (C=O) groups excluding carboxylic acids is 1. The Morgan fingerprint density at radius 2 is 1.62 bits per heavy atom. The Balaban J connectivity index is 0.000000323. The largest absolute Gasteiger partial charge is 0.461 e. The molecule has 1 aromatic heterocycles. The summed E-state index contributed by atoms with van der Waals surface area (Å²) in [6.45, 7) is 9.01. The van der Waals surface area contributed by atoms with Crippen LogP contribution in [0.1, 0.15) is 33.5 Å². The first kappa shape index (κ1) is 14.4. The smallest absolute Gasteiger partial charge is 0.134 e. The predicted octanol–water partition coefficient (Wildman–Crippen LogP) is 4.36. The second-order valence-electron chi connectivity index (χ2n) is 3.30. The summed E-state index contributed by atoms with van der Waals surface area (Å²) in [4.78, 5) is 9.44. The summed E-state index contributed by atoms with van der Waals surface area (Å²) >= 11 is 0. The molecule has 0 amide bonds. The molecule has 0 bridgehead atoms. The van der Waals surface area contributed by atoms with E-state index in [0.717, 1.165) is 11.3 Å². The van der Waals surface area contributed by atoms with Crippen molar-refractivity contribution in [1.29, 1.82) is 0 Å². The SMILES string of the molecule is CC.CC(C)=O.Cc1cc2ccccc2o1. The van der Waals surface area contributed by atoms with E-state index in [9.17, 15) is 4.79 Å². The van der Waals surface area contributed by atoms with Crippen LogP contribution in [0.25, 0.3) is 11.0 Å². The Hall–Kier alpha value is -1.57. The molecule has 0 saturated carbocycles. The van der Waals surface area contributed by atoms with Crippen LogP contribution in [0.4, 0.5) is 0 Å². The summed E-state index contributed by atoms with van der Waals surface area (Å²) in [7, 11) is 0. The van der Waals surface area contributed by atoms with Crippen LogP contribution in [0.2, 0.25) is 0 Å². The number of rotatable bonds is 0. The van der Waals surface area contributed by atoms with E-state index in [1.54, 1.807) is 0 Å². The van der Waals surface area contributed by atoms with Gasteiger partial charge in [0.1, 0.15) is 17.1 Å². The van der Waals surface area contributed by atoms with Gasteiger partial charge in [0.15, 0.2) is 0 Å². The number of para-hydroxylation sites is 1. The molecule has 0 spiro atoms. The Morgan fingerprint density at radius 1 is 1.12 bits per heavy atom. The second kappa shape index (κ2) is 7.69. The van der Waals surface area contributed by atoms with E-state index in [1.807, 2.05) is 51.1 Å². The molecule has 0 aliphatic rings. The first-order chi connectivity index (χ1) is 7.59. The number of hydrogen-bond acceptors (Lipinski definition) is 2. The number of Topliss-reactive ketones (excluding diaryl/α,β-unsaturated/α-hetero) is 1. The van der Waals surface area contributed by atoms with Gasteiger partial charge in [-0.05, 0) is 32.9 Å². The lowest BCUT2D eigenvalue weighted by atomic mass is 10.2. The van der Waals surface area contributed by atoms with Gasteiger partial charge in [-0.15, -0.1) is 0 Å². The highest BCUT2D eigenvalue weighted by molar-refractivity contribution is 5.77. The zero-order chi connectivity index (χ0) is 12.6. The molecule has 2 aromatic rings. The van der Waals surface area contributed by atoms with Crippen LogP contribution >= 0.6 is 0 Å². The van der Waals surface area contributed by atoms with Gasteiger partial charge in [0.05, 0.1) is 0 Å². The van der Waals surface area contributed by atoms with Crippen LogP contribution in [-0.4, -0.2) is 5.78 Å². The van der Waals surface area contributed by atoms with Gasteiger partial charge in [-0.1, -0.05) is 32.0 Å². The van der Waals surface area contributed by atoms with Crippen LogP contribution in [0, 0.1) is 6.92 Å². The summed E-state index contributed by atoms with van der Waals surface area (Å²) < 4.78 is 5.37. The Kier molecular flexibility index (Phi) is 6.93. The Labute approximate surface area is 97.3 Å². The minimum atomic E-state index is 0.167. The van der Waals surface area contributed by atoms with E-state index in [4.69, 9.17) is 4.42 Å². The van der Waals surface area contributed by atoms with Crippen LogP contribution in [0.5, 0.6) is 0 Å². The van der Waals surface area contributed by atoms with Gasteiger partial charge >= 0.3 is 0 Å². The number of carbonyl (C=O) groups is 1. The summed E-state index contributed by atoms with van der Waals surface area (Å²) in [5.41, 5.74) is 0.972. The zero-order valence-electron chi connectivity index (χ0n) is 10.7. The molecular weight excluding hydrogens is 200 g/mol. The van der Waals surface area contributed by atoms with Crippen molar-refractivity contribution in [2.75, 3.05) is 0 Å². The summed E-state index contributed by atoms with van der Waals surface area (Å²) in [5, 5.41) is 1.18. The van der Waals surface area contributed by atoms with E-state index in [0.29, 0.717) is 0 Å². The fraction of sp³-hybridized carbons (Fsp3) is 0.357. The normalized spacial score (nSPS) is 8.56. The molecule has 0 radical (unpaired) electrons. The number of ketones is 1. The van der Waals surface area contributed by atoms with Gasteiger partial charge in [-0.25, -0.2) is 0 Å². The molecule has 0 saturated heterocycles. The minimum absolute atomic E-state index is 0.167. The van der Waals surface area contributed by atoms with E-state index in [1.165, 1.54) is 19.2 Å². The molecule has 88 valence electrons. The van der Waals surface area contributed by atoms with E-state index >= 15 is 0 Å². The number of benzene rings is 1. The minimum Gasteiger partial charge on any atom is -0.461 e. The van der Waals surface area contributed by atoms with Crippen LogP contribution in [-0.2, 0) is 4.79 Å². The van der Waals surface area contributed by atoms with E-state index in [2.05, 4.69) is 0 Å². The van der Waals surface area contributed by atoms with Crippen molar-refractivity contribution in [3.63, 3.8) is 0 Å². The van der Waals surface area contributed by atoms with Crippen molar-refractivity contribution in [2.45, 2.75) is 34.6 Å². The molecule has 1 aromatic carbocycles. The number of fused-ring (bicyclic) bond motifs is 1. The molecule has 16 heavy (non-hydrogen) atoms. The van der Waals surface area contributed by atoms with E-state index < -0.39 is 0 Å². The lowest BCUT2D eigenvalue weighted by Crippen LogP contribution is -1.69. The van der Waals surface area contributed by atoms with Crippen molar-refractivity contribution in [3.05, 3.63) is 36.1 Å². The molecular formula is C14H20O2. The topological polar surface area (TPSA) is 30.2 Å². The molecule has 0 aliphatic carbocycles. The molecule has 0 atom stereocenters. The third kappa shape index (κ3) is 5.35. The lowest BCUT2D eigenvalue weighted by Gasteiger charge is -1.82. The van der Waals surface area contributed by atoms with Crippen molar-refractivity contribution < 1.29 is 9.21 Å². The van der Waals surface area contributed by atoms with E-state index in [-0.39, 0.29) is 5.78 Å². The summed E-state index contributed by atoms with van der Waals surface area (Å²) in [6, 6.07) is 10.0. The number of hydrogen-bond donors (Lipinski definition) is 0. The van der Waals surface area contributed by atoms with Crippen molar-refractivity contribution in [2.24, 2.45) is 0 Å². The highest BCUT2D eigenvalue weighted by Gasteiger charge is 1.95. The fourth-order valence-electron chi connectivity index (χ4n) is 1.11. The molecule has 0 unspecified atom stereocenters. The number of furan rings is 1. The third-order valence-corrected chi connectivity index (χ3v) is 1.55. The first-order valence-corrected chi connectivity index (χ1v) is 5.52. The average molecular weight is 220 g/mol. The molecule has 2 heteroatoms. The summed E-state index contributed by atoms with van der Waals surface area (Å²) in [5.74, 6) is 1.14. The van der Waals surface area contributed by atoms with Gasteiger partial charge in [-0.2, -0.15) is 0 Å². The van der Waals surface area contributed by atoms with Crippen molar-refractivity contribution in [1.82, 2.24) is 0 Å². The Bertz CT molecular complexity index is 390. The van der Waals surface area contributed by atoms with Gasteiger partial charge < -0.3 is 9.21 Å². The van der Waals surface area contributed by atoms with Crippen molar-refractivity contribution >= 4 is 16.8 Å². The first-order valence-electron chi connectivity index (χ1n) is 5.52. The maximum Gasteiger partial charge on any atom is 0.134 e. The number of aryl methyl sites for hydroxylation is 1. The van der Waals surface area contributed by atoms with Crippen LogP contribution in [0.15, 0.2) is 34.7 Å². The maximum absolute atomic E-state index is 9.44. The van der Waals surface area contributed by atoms with Gasteiger partial charge in [0, 0.05) is 5.39 Å². The zero-order valence-corrected chi connectivity index (χ0v) is 10.7. The molecule has 2 nitrogen and oxygen atoms in total. The molecule has 0 aliphatic heterocycles. The molecule has 2 rings (SSSR count). The third-order valence-electron chi connectivity index (χ3n) is 1.55. The predicted molar refractivity (Wildman–Crippen MR) is 68.7 cm³/mol. The lowest BCUT2D eigenvalue weighted by molar-refractivity contribution is -0.114. The monoisotopic (exact) mass is 220 g/mol.